The molecule has 1 aromatic heterocycles. The maximum Gasteiger partial charge on any atom is 0.272 e. The number of hydrogen-bond acceptors (Lipinski definition) is 4. The minimum Gasteiger partial charge on any atom is -0.350 e. The van der Waals surface area contributed by atoms with Crippen LogP contribution in [0.5, 0.6) is 0 Å². The lowest BCUT2D eigenvalue weighted by Crippen LogP contribution is -2.25. The number of carbonyl (C=O) groups excluding carboxylic acids is 1. The number of nitrogens with zero attached hydrogens (tertiary/aromatic N) is 2. The fourth-order valence-electron chi connectivity index (χ4n) is 1.33. The van der Waals surface area contributed by atoms with E-state index in [0.717, 1.165) is 23.7 Å². The van der Waals surface area contributed by atoms with Crippen LogP contribution in [0.2, 0.25) is 5.02 Å². The fraction of sp³-hybridized carbons (Fsp3) is 0.182. The van der Waals surface area contributed by atoms with Gasteiger partial charge in [-0.1, -0.05) is 23.7 Å². The third-order valence-corrected chi connectivity index (χ3v) is 2.94. The second-order valence-electron chi connectivity index (χ2n) is 3.43. The van der Waals surface area contributed by atoms with E-state index in [0.29, 0.717) is 17.3 Å². The summed E-state index contributed by atoms with van der Waals surface area (Å²) in [4.78, 5) is 11.5. The molecule has 1 heterocycles. The monoisotopic (exact) mass is 267 g/mol. The van der Waals surface area contributed by atoms with Gasteiger partial charge in [0.25, 0.3) is 5.91 Å². The van der Waals surface area contributed by atoms with E-state index in [9.17, 15) is 4.79 Å². The van der Waals surface area contributed by atoms with Gasteiger partial charge in [0.15, 0.2) is 5.69 Å². The zero-order valence-corrected chi connectivity index (χ0v) is 10.5. The Balaban J connectivity index is 1.80. The molecule has 0 bridgehead atoms. The van der Waals surface area contributed by atoms with E-state index in [2.05, 4.69) is 14.1 Å². The summed E-state index contributed by atoms with van der Waals surface area (Å²) in [5, 5.41) is 3.49. The lowest BCUT2D eigenvalue weighted by atomic mass is 10.1. The molecule has 0 spiro atoms. The van der Waals surface area contributed by atoms with Gasteiger partial charge in [0, 0.05) is 11.6 Å². The highest BCUT2D eigenvalue weighted by Gasteiger charge is 2.07. The van der Waals surface area contributed by atoms with E-state index in [4.69, 9.17) is 11.6 Å². The Bertz CT molecular complexity index is 484. The third-order valence-electron chi connectivity index (χ3n) is 2.21. The number of amides is 1. The van der Waals surface area contributed by atoms with E-state index in [1.165, 1.54) is 6.20 Å². The van der Waals surface area contributed by atoms with Crippen molar-refractivity contribution in [2.45, 2.75) is 6.42 Å². The van der Waals surface area contributed by atoms with Crippen molar-refractivity contribution in [2.24, 2.45) is 0 Å². The zero-order chi connectivity index (χ0) is 12.1. The van der Waals surface area contributed by atoms with Crippen LogP contribution in [0.25, 0.3) is 0 Å². The van der Waals surface area contributed by atoms with Crippen LogP contribution in [-0.4, -0.2) is 21.2 Å². The van der Waals surface area contributed by atoms with Crippen molar-refractivity contribution in [1.29, 1.82) is 0 Å². The first-order valence-corrected chi connectivity index (χ1v) is 6.17. The molecule has 0 unspecified atom stereocenters. The molecule has 1 amide bonds. The van der Waals surface area contributed by atoms with Crippen LogP contribution in [-0.2, 0) is 6.42 Å². The fourth-order valence-corrected chi connectivity index (χ4v) is 1.86. The van der Waals surface area contributed by atoms with Crippen molar-refractivity contribution in [1.82, 2.24) is 14.1 Å². The van der Waals surface area contributed by atoms with Gasteiger partial charge in [0.2, 0.25) is 0 Å². The molecule has 0 aliphatic carbocycles. The molecular formula is C11H10ClN3OS. The Labute approximate surface area is 108 Å². The second kappa shape index (κ2) is 5.75. The van der Waals surface area contributed by atoms with Gasteiger partial charge in [0.1, 0.15) is 0 Å². The second-order valence-corrected chi connectivity index (χ2v) is 4.42. The van der Waals surface area contributed by atoms with E-state index in [1.807, 2.05) is 24.3 Å². The lowest BCUT2D eigenvalue weighted by Gasteiger charge is -2.03. The molecule has 1 N–H and O–H groups in total. The lowest BCUT2D eigenvalue weighted by molar-refractivity contribution is 0.0950. The minimum absolute atomic E-state index is 0.187. The minimum atomic E-state index is -0.187. The Morgan fingerprint density at radius 3 is 2.76 bits per heavy atom. The summed E-state index contributed by atoms with van der Waals surface area (Å²) < 4.78 is 7.63. The van der Waals surface area contributed by atoms with Crippen LogP contribution < -0.4 is 5.32 Å². The molecule has 2 aromatic rings. The third kappa shape index (κ3) is 3.51. The Morgan fingerprint density at radius 2 is 2.12 bits per heavy atom. The first kappa shape index (κ1) is 12.0. The summed E-state index contributed by atoms with van der Waals surface area (Å²) in [5.74, 6) is -0.187. The topological polar surface area (TPSA) is 54.9 Å². The quantitative estimate of drug-likeness (QED) is 0.924. The van der Waals surface area contributed by atoms with Crippen molar-refractivity contribution < 1.29 is 4.79 Å². The largest absolute Gasteiger partial charge is 0.350 e. The van der Waals surface area contributed by atoms with Crippen LogP contribution in [0.3, 0.4) is 0 Å². The molecule has 2 rings (SSSR count). The summed E-state index contributed by atoms with van der Waals surface area (Å²) in [6, 6.07) is 7.56. The van der Waals surface area contributed by atoms with Gasteiger partial charge in [-0.15, -0.1) is 0 Å². The molecule has 0 saturated carbocycles. The molecule has 0 atom stereocenters. The van der Waals surface area contributed by atoms with Gasteiger partial charge in [-0.3, -0.25) is 4.79 Å². The Morgan fingerprint density at radius 1 is 1.35 bits per heavy atom. The number of benzene rings is 1. The predicted octanol–water partition coefficient (Wildman–Crippen LogP) is 2.16. The van der Waals surface area contributed by atoms with E-state index >= 15 is 0 Å². The van der Waals surface area contributed by atoms with Gasteiger partial charge in [0.05, 0.1) is 17.9 Å². The number of carbonyl (C=O) groups is 1. The normalized spacial score (nSPS) is 10.2. The molecule has 0 saturated heterocycles. The molecule has 0 radical (unpaired) electrons. The highest BCUT2D eigenvalue weighted by molar-refractivity contribution is 6.99. The van der Waals surface area contributed by atoms with Gasteiger partial charge < -0.3 is 5.32 Å². The van der Waals surface area contributed by atoms with Crippen molar-refractivity contribution in [3.05, 3.63) is 46.7 Å². The van der Waals surface area contributed by atoms with Crippen LogP contribution in [0.15, 0.2) is 30.5 Å². The average molecular weight is 268 g/mol. The molecule has 6 heteroatoms. The first-order valence-electron chi connectivity index (χ1n) is 5.06. The van der Waals surface area contributed by atoms with Crippen molar-refractivity contribution in [3.63, 3.8) is 0 Å². The molecule has 17 heavy (non-hydrogen) atoms. The number of rotatable bonds is 4. The SMILES string of the molecule is O=C(NCCc1ccc(Cl)cc1)c1cnsn1. The highest BCUT2D eigenvalue weighted by Crippen LogP contribution is 2.09. The van der Waals surface area contributed by atoms with Gasteiger partial charge in [-0.05, 0) is 24.1 Å². The summed E-state index contributed by atoms with van der Waals surface area (Å²) in [5.41, 5.74) is 1.50. The molecule has 0 aliphatic heterocycles. The van der Waals surface area contributed by atoms with Gasteiger partial charge in [-0.25, -0.2) is 0 Å². The highest BCUT2D eigenvalue weighted by atomic mass is 35.5. The molecule has 0 aliphatic rings. The van der Waals surface area contributed by atoms with E-state index in [-0.39, 0.29) is 5.91 Å². The Kier molecular flexibility index (Phi) is 4.06. The van der Waals surface area contributed by atoms with Crippen molar-refractivity contribution in [2.75, 3.05) is 6.54 Å². The molecule has 1 aromatic carbocycles. The Hall–Kier alpha value is -1.46. The number of aromatic nitrogens is 2. The average Bonchev–Trinajstić information content (AvgIpc) is 2.85. The molecule has 0 fully saturated rings. The maximum atomic E-state index is 11.5. The van der Waals surface area contributed by atoms with Gasteiger partial charge in [-0.2, -0.15) is 8.75 Å². The summed E-state index contributed by atoms with van der Waals surface area (Å²) in [6.45, 7) is 0.567. The standard InChI is InChI=1S/C11H10ClN3OS/c12-9-3-1-8(2-4-9)5-6-13-11(16)10-7-14-17-15-10/h1-4,7H,5-6H2,(H,13,16). The summed E-state index contributed by atoms with van der Waals surface area (Å²) in [6.07, 6.45) is 2.22. The van der Waals surface area contributed by atoms with E-state index in [1.54, 1.807) is 0 Å². The summed E-state index contributed by atoms with van der Waals surface area (Å²) in [7, 11) is 0. The first-order chi connectivity index (χ1) is 8.25. The van der Waals surface area contributed by atoms with Crippen LogP contribution in [0, 0.1) is 0 Å². The number of halogens is 1. The number of hydrogen-bond donors (Lipinski definition) is 1. The van der Waals surface area contributed by atoms with Gasteiger partial charge >= 0.3 is 0 Å². The molecular weight excluding hydrogens is 258 g/mol. The van der Waals surface area contributed by atoms with Crippen molar-refractivity contribution >= 4 is 29.2 Å². The smallest absolute Gasteiger partial charge is 0.272 e. The number of nitrogens with one attached hydrogen (secondary N) is 1. The van der Waals surface area contributed by atoms with E-state index < -0.39 is 0 Å². The molecule has 4 nitrogen and oxygen atoms in total. The van der Waals surface area contributed by atoms with Crippen molar-refractivity contribution in [3.8, 4) is 0 Å². The summed E-state index contributed by atoms with van der Waals surface area (Å²) >= 11 is 6.80. The molecule has 88 valence electrons. The van der Waals surface area contributed by atoms with Crippen LogP contribution in [0.4, 0.5) is 0 Å². The van der Waals surface area contributed by atoms with Crippen LogP contribution >= 0.6 is 23.3 Å². The maximum absolute atomic E-state index is 11.5. The van der Waals surface area contributed by atoms with Crippen LogP contribution in [0.1, 0.15) is 16.1 Å². The zero-order valence-electron chi connectivity index (χ0n) is 8.89. The predicted molar refractivity (Wildman–Crippen MR) is 67.4 cm³/mol.